The molecular weight excluding hydrogens is 288 g/mol. The Balaban J connectivity index is 0.00000161. The standard InChI is InChI=1S/C16H20N2O2.ClH/c17-16(20)12-3-1-2-11(8-12)13-9-14-4-5-15(10-13)18(14)6-7-19;/h1-3,7-8,13-15H,4-6,9-10H2,(H2,17,20);1H. The van der Waals surface area contributed by atoms with Gasteiger partial charge < -0.3 is 10.5 Å². The summed E-state index contributed by atoms with van der Waals surface area (Å²) in [5.74, 6) is 0.114. The minimum atomic E-state index is -0.367. The van der Waals surface area contributed by atoms with E-state index in [1.54, 1.807) is 6.07 Å². The number of halogens is 1. The predicted molar refractivity (Wildman–Crippen MR) is 83.8 cm³/mol. The van der Waals surface area contributed by atoms with Crippen LogP contribution in [0.25, 0.3) is 0 Å². The van der Waals surface area contributed by atoms with E-state index in [0.29, 0.717) is 30.1 Å². The first-order valence-corrected chi connectivity index (χ1v) is 7.28. The van der Waals surface area contributed by atoms with E-state index in [4.69, 9.17) is 5.73 Å². The summed E-state index contributed by atoms with van der Waals surface area (Å²) in [4.78, 5) is 24.4. The summed E-state index contributed by atoms with van der Waals surface area (Å²) in [6.07, 6.45) is 5.54. The lowest BCUT2D eigenvalue weighted by Crippen LogP contribution is -2.43. The number of piperidine rings is 1. The van der Waals surface area contributed by atoms with Gasteiger partial charge in [0.25, 0.3) is 0 Å². The Morgan fingerprint density at radius 1 is 1.29 bits per heavy atom. The van der Waals surface area contributed by atoms with Gasteiger partial charge in [-0.15, -0.1) is 12.4 Å². The van der Waals surface area contributed by atoms with Gasteiger partial charge in [0.2, 0.25) is 5.91 Å². The normalized spacial score (nSPS) is 27.9. The number of hydrogen-bond acceptors (Lipinski definition) is 3. The Kier molecular flexibility index (Phi) is 5.01. The first-order chi connectivity index (χ1) is 9.69. The maximum absolute atomic E-state index is 11.3. The molecule has 1 amide bonds. The topological polar surface area (TPSA) is 63.4 Å². The predicted octanol–water partition coefficient (Wildman–Crippen LogP) is 2.12. The highest BCUT2D eigenvalue weighted by Gasteiger charge is 2.40. The molecule has 2 aliphatic heterocycles. The Hall–Kier alpha value is -1.39. The largest absolute Gasteiger partial charge is 0.366 e. The lowest BCUT2D eigenvalue weighted by atomic mass is 9.84. The third-order valence-electron chi connectivity index (χ3n) is 4.81. The number of primary amides is 1. The van der Waals surface area contributed by atoms with Crippen LogP contribution in [-0.4, -0.2) is 35.7 Å². The maximum Gasteiger partial charge on any atom is 0.248 e. The van der Waals surface area contributed by atoms with E-state index >= 15 is 0 Å². The van der Waals surface area contributed by atoms with E-state index in [1.165, 1.54) is 18.4 Å². The van der Waals surface area contributed by atoms with Crippen molar-refractivity contribution in [2.75, 3.05) is 6.54 Å². The van der Waals surface area contributed by atoms with Gasteiger partial charge in [0, 0.05) is 17.6 Å². The van der Waals surface area contributed by atoms with Crippen LogP contribution in [0, 0.1) is 0 Å². The van der Waals surface area contributed by atoms with Crippen LogP contribution in [-0.2, 0) is 4.79 Å². The van der Waals surface area contributed by atoms with Gasteiger partial charge in [0.05, 0.1) is 6.54 Å². The number of rotatable bonds is 4. The number of hydrogen-bond donors (Lipinski definition) is 1. The monoisotopic (exact) mass is 308 g/mol. The molecule has 2 saturated heterocycles. The number of nitrogens with two attached hydrogens (primary N) is 1. The SMILES string of the molecule is Cl.NC(=O)c1cccc(C2CC3CCC(C2)N3CC=O)c1. The summed E-state index contributed by atoms with van der Waals surface area (Å²) in [6.45, 7) is 0.559. The molecule has 3 rings (SSSR count). The fraction of sp³-hybridized carbons (Fsp3) is 0.500. The number of nitrogens with zero attached hydrogens (tertiary/aromatic N) is 1. The first-order valence-electron chi connectivity index (χ1n) is 7.28. The Bertz CT molecular complexity index is 521. The highest BCUT2D eigenvalue weighted by Crippen LogP contribution is 2.42. The number of amides is 1. The van der Waals surface area contributed by atoms with Gasteiger partial charge in [-0.1, -0.05) is 12.1 Å². The van der Waals surface area contributed by atoms with E-state index in [9.17, 15) is 9.59 Å². The molecule has 2 heterocycles. The van der Waals surface area contributed by atoms with E-state index < -0.39 is 0 Å². The van der Waals surface area contributed by atoms with E-state index in [0.717, 1.165) is 19.1 Å². The molecule has 4 nitrogen and oxygen atoms in total. The van der Waals surface area contributed by atoms with Crippen molar-refractivity contribution in [1.29, 1.82) is 0 Å². The van der Waals surface area contributed by atoms with E-state index in [2.05, 4.69) is 11.0 Å². The smallest absolute Gasteiger partial charge is 0.248 e. The van der Waals surface area contributed by atoms with Crippen LogP contribution in [0.2, 0.25) is 0 Å². The first kappa shape index (κ1) is 16.0. The quantitative estimate of drug-likeness (QED) is 0.867. The summed E-state index contributed by atoms with van der Waals surface area (Å²) < 4.78 is 0. The van der Waals surface area contributed by atoms with Crippen molar-refractivity contribution in [3.05, 3.63) is 35.4 Å². The van der Waals surface area contributed by atoms with Crippen molar-refractivity contribution < 1.29 is 9.59 Å². The van der Waals surface area contributed by atoms with Crippen molar-refractivity contribution in [3.8, 4) is 0 Å². The zero-order chi connectivity index (χ0) is 14.1. The van der Waals surface area contributed by atoms with Crippen molar-refractivity contribution in [2.24, 2.45) is 5.73 Å². The summed E-state index contributed by atoms with van der Waals surface area (Å²) in [5, 5.41) is 0. The fourth-order valence-corrected chi connectivity index (χ4v) is 3.88. The minimum Gasteiger partial charge on any atom is -0.366 e. The number of carbonyl (C=O) groups is 2. The summed E-state index contributed by atoms with van der Waals surface area (Å²) in [6, 6.07) is 8.73. The molecule has 2 aliphatic rings. The lowest BCUT2D eigenvalue weighted by molar-refractivity contribution is -0.109. The molecule has 5 heteroatoms. The van der Waals surface area contributed by atoms with Crippen LogP contribution in [0.5, 0.6) is 0 Å². The molecule has 114 valence electrons. The highest BCUT2D eigenvalue weighted by atomic mass is 35.5. The molecule has 0 aromatic heterocycles. The molecule has 1 aromatic rings. The van der Waals surface area contributed by atoms with Gasteiger partial charge in [-0.05, 0) is 49.3 Å². The molecule has 1 aromatic carbocycles. The van der Waals surface area contributed by atoms with Gasteiger partial charge in [-0.2, -0.15) is 0 Å². The number of benzene rings is 1. The lowest BCUT2D eigenvalue weighted by Gasteiger charge is -2.38. The van der Waals surface area contributed by atoms with Gasteiger partial charge in [-0.3, -0.25) is 9.69 Å². The van der Waals surface area contributed by atoms with Gasteiger partial charge >= 0.3 is 0 Å². The fourth-order valence-electron chi connectivity index (χ4n) is 3.88. The molecule has 2 atom stereocenters. The van der Waals surface area contributed by atoms with Crippen LogP contribution in [0.4, 0.5) is 0 Å². The minimum absolute atomic E-state index is 0. The van der Waals surface area contributed by atoms with Crippen molar-refractivity contribution >= 4 is 24.6 Å². The van der Waals surface area contributed by atoms with Gasteiger partial charge in [0.15, 0.2) is 0 Å². The van der Waals surface area contributed by atoms with E-state index in [-0.39, 0.29) is 18.3 Å². The molecule has 0 radical (unpaired) electrons. The Morgan fingerprint density at radius 2 is 1.95 bits per heavy atom. The molecule has 2 fully saturated rings. The number of carbonyl (C=O) groups excluding carboxylic acids is 2. The molecule has 2 N–H and O–H groups in total. The Labute approximate surface area is 131 Å². The van der Waals surface area contributed by atoms with Crippen LogP contribution >= 0.6 is 12.4 Å². The molecule has 2 unspecified atom stereocenters. The zero-order valence-corrected chi connectivity index (χ0v) is 12.7. The van der Waals surface area contributed by atoms with Crippen LogP contribution < -0.4 is 5.73 Å². The van der Waals surface area contributed by atoms with Crippen LogP contribution in [0.15, 0.2) is 24.3 Å². The number of aldehydes is 1. The second kappa shape index (κ2) is 6.58. The second-order valence-electron chi connectivity index (χ2n) is 5.91. The third kappa shape index (κ3) is 3.11. The molecular formula is C16H21ClN2O2. The van der Waals surface area contributed by atoms with Crippen molar-refractivity contribution in [3.63, 3.8) is 0 Å². The van der Waals surface area contributed by atoms with E-state index in [1.807, 2.05) is 12.1 Å². The van der Waals surface area contributed by atoms with Gasteiger partial charge in [-0.25, -0.2) is 0 Å². The van der Waals surface area contributed by atoms with Crippen molar-refractivity contribution in [2.45, 2.75) is 43.7 Å². The molecule has 2 bridgehead atoms. The molecule has 0 saturated carbocycles. The third-order valence-corrected chi connectivity index (χ3v) is 4.81. The average Bonchev–Trinajstić information content (AvgIpc) is 2.70. The summed E-state index contributed by atoms with van der Waals surface area (Å²) in [5.41, 5.74) is 7.15. The van der Waals surface area contributed by atoms with Gasteiger partial charge in [0.1, 0.15) is 6.29 Å². The zero-order valence-electron chi connectivity index (χ0n) is 11.9. The molecule has 21 heavy (non-hydrogen) atoms. The number of fused-ring (bicyclic) bond motifs is 2. The second-order valence-corrected chi connectivity index (χ2v) is 5.91. The maximum atomic E-state index is 11.3. The van der Waals surface area contributed by atoms with Crippen LogP contribution in [0.1, 0.15) is 47.5 Å². The average molecular weight is 309 g/mol. The Morgan fingerprint density at radius 3 is 2.52 bits per heavy atom. The molecule has 0 aliphatic carbocycles. The van der Waals surface area contributed by atoms with Crippen LogP contribution in [0.3, 0.4) is 0 Å². The summed E-state index contributed by atoms with van der Waals surface area (Å²) >= 11 is 0. The highest BCUT2D eigenvalue weighted by molar-refractivity contribution is 5.92. The summed E-state index contributed by atoms with van der Waals surface area (Å²) in [7, 11) is 0. The molecule has 0 spiro atoms. The van der Waals surface area contributed by atoms with Crippen molar-refractivity contribution in [1.82, 2.24) is 4.90 Å².